The van der Waals surface area contributed by atoms with E-state index in [0.717, 1.165) is 0 Å². The highest BCUT2D eigenvalue weighted by Crippen LogP contribution is 2.23. The first-order valence-corrected chi connectivity index (χ1v) is 3.41. The van der Waals surface area contributed by atoms with Gasteiger partial charge in [0, 0.05) is 6.07 Å². The molecule has 0 aliphatic heterocycles. The number of nitriles is 1. The van der Waals surface area contributed by atoms with Gasteiger partial charge >= 0.3 is 0 Å². The maximum absolute atomic E-state index is 13.1. The minimum atomic E-state index is -0.772. The highest BCUT2D eigenvalue weighted by Gasteiger charge is 2.12. The van der Waals surface area contributed by atoms with Crippen molar-refractivity contribution >= 4 is 0 Å². The summed E-state index contributed by atoms with van der Waals surface area (Å²) in [7, 11) is 2.68. The summed E-state index contributed by atoms with van der Waals surface area (Å²) in [5.41, 5.74) is -0.337. The van der Waals surface area contributed by atoms with Crippen molar-refractivity contribution in [2.24, 2.45) is 0 Å². The zero-order valence-corrected chi connectivity index (χ0v) is 7.17. The van der Waals surface area contributed by atoms with E-state index in [0.29, 0.717) is 0 Å². The Labute approximate surface area is 74.5 Å². The van der Waals surface area contributed by atoms with E-state index < -0.39 is 5.82 Å². The first-order valence-electron chi connectivity index (χ1n) is 3.41. The lowest BCUT2D eigenvalue weighted by Crippen LogP contribution is -1.98. The molecule has 68 valence electrons. The van der Waals surface area contributed by atoms with Gasteiger partial charge in [0.2, 0.25) is 11.7 Å². The molecule has 0 aliphatic carbocycles. The van der Waals surface area contributed by atoms with Crippen molar-refractivity contribution in [3.05, 3.63) is 17.6 Å². The maximum Gasteiger partial charge on any atom is 0.218 e. The highest BCUT2D eigenvalue weighted by molar-refractivity contribution is 5.37. The molecule has 0 radical (unpaired) electrons. The van der Waals surface area contributed by atoms with E-state index in [4.69, 9.17) is 10.00 Å². The molecule has 0 bridgehead atoms. The van der Waals surface area contributed by atoms with E-state index in [1.807, 2.05) is 0 Å². The third-order valence-electron chi connectivity index (χ3n) is 1.44. The monoisotopic (exact) mass is 182 g/mol. The van der Waals surface area contributed by atoms with Crippen LogP contribution in [0.3, 0.4) is 0 Å². The van der Waals surface area contributed by atoms with Gasteiger partial charge in [-0.3, -0.25) is 0 Å². The van der Waals surface area contributed by atoms with Gasteiger partial charge in [-0.15, -0.1) is 0 Å². The Balaban J connectivity index is 3.31. The number of hydrogen-bond acceptors (Lipinski definition) is 4. The molecule has 0 atom stereocenters. The average molecular weight is 182 g/mol. The summed E-state index contributed by atoms with van der Waals surface area (Å²) in [6.45, 7) is 0. The van der Waals surface area contributed by atoms with Crippen LogP contribution in [-0.2, 0) is 0 Å². The zero-order valence-electron chi connectivity index (χ0n) is 7.17. The molecule has 0 spiro atoms. The molecule has 1 aromatic heterocycles. The summed E-state index contributed by atoms with van der Waals surface area (Å²) < 4.78 is 22.6. The standard InChI is InChI=1S/C8H7FN2O2/c1-12-6-3-7(13-2)11-5(4-10)8(6)9/h3H,1-2H3. The maximum atomic E-state index is 13.1. The molecule has 4 nitrogen and oxygen atoms in total. The third-order valence-corrected chi connectivity index (χ3v) is 1.44. The third kappa shape index (κ3) is 1.67. The Kier molecular flexibility index (Phi) is 2.65. The van der Waals surface area contributed by atoms with E-state index in [1.165, 1.54) is 20.3 Å². The van der Waals surface area contributed by atoms with E-state index in [2.05, 4.69) is 9.72 Å². The second kappa shape index (κ2) is 3.72. The van der Waals surface area contributed by atoms with Crippen LogP contribution in [0.4, 0.5) is 4.39 Å². The molecule has 5 heteroatoms. The van der Waals surface area contributed by atoms with Crippen LogP contribution in [0.25, 0.3) is 0 Å². The fourth-order valence-electron chi connectivity index (χ4n) is 0.811. The smallest absolute Gasteiger partial charge is 0.218 e. The molecular formula is C8H7FN2O2. The number of hydrogen-bond donors (Lipinski definition) is 0. The first-order chi connectivity index (χ1) is 6.22. The van der Waals surface area contributed by atoms with Gasteiger partial charge in [0.05, 0.1) is 14.2 Å². The Bertz CT molecular complexity index is 360. The molecule has 0 aromatic carbocycles. The van der Waals surface area contributed by atoms with Gasteiger partial charge in [0.15, 0.2) is 11.4 Å². The van der Waals surface area contributed by atoms with Gasteiger partial charge in [-0.05, 0) is 0 Å². The zero-order chi connectivity index (χ0) is 9.84. The normalized spacial score (nSPS) is 9.08. The van der Waals surface area contributed by atoms with E-state index >= 15 is 0 Å². The predicted octanol–water partition coefficient (Wildman–Crippen LogP) is 1.11. The van der Waals surface area contributed by atoms with E-state index in [1.54, 1.807) is 6.07 Å². The van der Waals surface area contributed by atoms with Gasteiger partial charge in [0.25, 0.3) is 0 Å². The van der Waals surface area contributed by atoms with Crippen LogP contribution >= 0.6 is 0 Å². The largest absolute Gasteiger partial charge is 0.493 e. The van der Waals surface area contributed by atoms with Gasteiger partial charge < -0.3 is 9.47 Å². The van der Waals surface area contributed by atoms with Crippen LogP contribution in [0.15, 0.2) is 6.07 Å². The quantitative estimate of drug-likeness (QED) is 0.687. The van der Waals surface area contributed by atoms with Crippen molar-refractivity contribution in [3.8, 4) is 17.7 Å². The second-order valence-corrected chi connectivity index (χ2v) is 2.14. The molecule has 0 aliphatic rings. The van der Waals surface area contributed by atoms with Crippen molar-refractivity contribution < 1.29 is 13.9 Å². The summed E-state index contributed by atoms with van der Waals surface area (Å²) >= 11 is 0. The highest BCUT2D eigenvalue weighted by atomic mass is 19.1. The van der Waals surface area contributed by atoms with Crippen molar-refractivity contribution in [3.63, 3.8) is 0 Å². The molecule has 13 heavy (non-hydrogen) atoms. The minimum absolute atomic E-state index is 0.0524. The number of pyridine rings is 1. The minimum Gasteiger partial charge on any atom is -0.493 e. The van der Waals surface area contributed by atoms with Crippen LogP contribution in [0.2, 0.25) is 0 Å². The molecule has 0 fully saturated rings. The average Bonchev–Trinajstić information content (AvgIpc) is 2.18. The van der Waals surface area contributed by atoms with Crippen LogP contribution in [-0.4, -0.2) is 19.2 Å². The van der Waals surface area contributed by atoms with E-state index in [9.17, 15) is 4.39 Å². The molecule has 1 aromatic rings. The Morgan fingerprint density at radius 3 is 2.62 bits per heavy atom. The lowest BCUT2D eigenvalue weighted by atomic mass is 10.3. The van der Waals surface area contributed by atoms with Crippen LogP contribution in [0, 0.1) is 17.1 Å². The predicted molar refractivity (Wildman–Crippen MR) is 42.0 cm³/mol. The molecule has 0 N–H and O–H groups in total. The molecule has 1 heterocycles. The van der Waals surface area contributed by atoms with Crippen LogP contribution < -0.4 is 9.47 Å². The van der Waals surface area contributed by atoms with Gasteiger partial charge in [0.1, 0.15) is 6.07 Å². The van der Waals surface area contributed by atoms with Crippen molar-refractivity contribution in [2.75, 3.05) is 14.2 Å². The number of halogens is 1. The topological polar surface area (TPSA) is 55.1 Å². The molecule has 1 rings (SSSR count). The lowest BCUT2D eigenvalue weighted by molar-refractivity contribution is 0.363. The lowest BCUT2D eigenvalue weighted by Gasteiger charge is -2.04. The SMILES string of the molecule is COc1cc(OC)c(F)c(C#N)n1. The van der Waals surface area contributed by atoms with Crippen molar-refractivity contribution in [2.45, 2.75) is 0 Å². The first kappa shape index (κ1) is 9.26. The summed E-state index contributed by atoms with van der Waals surface area (Å²) in [6, 6.07) is 2.87. The summed E-state index contributed by atoms with van der Waals surface area (Å²) in [6.07, 6.45) is 0. The number of methoxy groups -OCH3 is 2. The number of rotatable bonds is 2. The molecule has 0 amide bonds. The molecule has 0 saturated carbocycles. The van der Waals surface area contributed by atoms with Gasteiger partial charge in [-0.25, -0.2) is 0 Å². The summed E-state index contributed by atoms with van der Waals surface area (Å²) in [5.74, 6) is -0.677. The van der Waals surface area contributed by atoms with Crippen LogP contribution in [0.5, 0.6) is 11.6 Å². The number of nitrogens with zero attached hydrogens (tertiary/aromatic N) is 2. The Hall–Kier alpha value is -1.83. The molecule has 0 saturated heterocycles. The molecule has 0 unspecified atom stereocenters. The Morgan fingerprint density at radius 2 is 2.15 bits per heavy atom. The van der Waals surface area contributed by atoms with Crippen molar-refractivity contribution in [1.29, 1.82) is 5.26 Å². The molecular weight excluding hydrogens is 175 g/mol. The Morgan fingerprint density at radius 1 is 1.46 bits per heavy atom. The van der Waals surface area contributed by atoms with Crippen molar-refractivity contribution in [1.82, 2.24) is 4.98 Å². The fraction of sp³-hybridized carbons (Fsp3) is 0.250. The van der Waals surface area contributed by atoms with Gasteiger partial charge in [-0.1, -0.05) is 0 Å². The van der Waals surface area contributed by atoms with Crippen LogP contribution in [0.1, 0.15) is 5.69 Å². The van der Waals surface area contributed by atoms with E-state index in [-0.39, 0.29) is 17.3 Å². The summed E-state index contributed by atoms with van der Waals surface area (Å²) in [5, 5.41) is 8.49. The van der Waals surface area contributed by atoms with Gasteiger partial charge in [-0.2, -0.15) is 14.6 Å². The number of aromatic nitrogens is 1. The summed E-state index contributed by atoms with van der Waals surface area (Å²) in [4.78, 5) is 3.58. The second-order valence-electron chi connectivity index (χ2n) is 2.14. The fourth-order valence-corrected chi connectivity index (χ4v) is 0.811. The number of ether oxygens (including phenoxy) is 2.